The number of aromatic hydroxyl groups is 1. The molecule has 0 saturated heterocycles. The minimum Gasteiger partial charge on any atom is -0.508 e. The van der Waals surface area contributed by atoms with Gasteiger partial charge in [-0.2, -0.15) is 0 Å². The summed E-state index contributed by atoms with van der Waals surface area (Å²) in [4.78, 5) is 10.8. The molecule has 1 amide bonds. The van der Waals surface area contributed by atoms with Crippen LogP contribution in [0.25, 0.3) is 0 Å². The maximum absolute atomic E-state index is 10.8. The average molecular weight is 202 g/mol. The van der Waals surface area contributed by atoms with Gasteiger partial charge in [-0.25, -0.2) is 0 Å². The Morgan fingerprint density at radius 2 is 2.23 bits per heavy atom. The van der Waals surface area contributed by atoms with Gasteiger partial charge < -0.3 is 15.2 Å². The van der Waals surface area contributed by atoms with Gasteiger partial charge >= 0.3 is 0 Å². The normalized spacial score (nSPS) is 13.4. The number of hydrogen-bond acceptors (Lipinski definition) is 3. The molecule has 1 aliphatic rings. The smallest absolute Gasteiger partial charge is 0.262 e. The quantitative estimate of drug-likeness (QED) is 0.662. The third-order valence-corrected chi connectivity index (χ3v) is 1.60. The van der Waals surface area contributed by atoms with Crippen molar-refractivity contribution in [3.8, 4) is 11.5 Å². The molecule has 1 aliphatic heterocycles. The van der Waals surface area contributed by atoms with E-state index >= 15 is 0 Å². The lowest BCUT2D eigenvalue weighted by molar-refractivity contribution is -0.118. The first-order valence-corrected chi connectivity index (χ1v) is 3.51. The molecule has 0 spiro atoms. The van der Waals surface area contributed by atoms with E-state index in [2.05, 4.69) is 5.32 Å². The Labute approximate surface area is 80.9 Å². The molecule has 1 aromatic carbocycles. The van der Waals surface area contributed by atoms with Gasteiger partial charge in [-0.3, -0.25) is 4.79 Å². The van der Waals surface area contributed by atoms with E-state index in [-0.39, 0.29) is 30.7 Å². The summed E-state index contributed by atoms with van der Waals surface area (Å²) in [7, 11) is 0. The van der Waals surface area contributed by atoms with Gasteiger partial charge in [0.25, 0.3) is 5.91 Å². The lowest BCUT2D eigenvalue weighted by Crippen LogP contribution is -2.25. The number of nitrogens with one attached hydrogen (secondary N) is 1. The van der Waals surface area contributed by atoms with Gasteiger partial charge in [-0.15, -0.1) is 12.4 Å². The number of hydrogen-bond donors (Lipinski definition) is 2. The highest BCUT2D eigenvalue weighted by Crippen LogP contribution is 2.30. The second kappa shape index (κ2) is 3.53. The second-order valence-corrected chi connectivity index (χ2v) is 2.52. The monoisotopic (exact) mass is 201 g/mol. The van der Waals surface area contributed by atoms with Crippen molar-refractivity contribution in [3.05, 3.63) is 18.2 Å². The molecule has 1 aromatic rings. The number of amides is 1. The Bertz CT molecular complexity index is 340. The second-order valence-electron chi connectivity index (χ2n) is 2.52. The molecule has 5 heteroatoms. The summed E-state index contributed by atoms with van der Waals surface area (Å²) < 4.78 is 5.07. The lowest BCUT2D eigenvalue weighted by Gasteiger charge is -2.17. The molecular formula is C8H8ClNO3. The summed E-state index contributed by atoms with van der Waals surface area (Å²) in [6.07, 6.45) is 0. The first-order chi connectivity index (χ1) is 5.75. The molecule has 0 radical (unpaired) electrons. The Morgan fingerprint density at radius 3 is 3.00 bits per heavy atom. The number of benzene rings is 1. The summed E-state index contributed by atoms with van der Waals surface area (Å²) >= 11 is 0. The molecule has 70 valence electrons. The fourth-order valence-electron chi connectivity index (χ4n) is 1.07. The van der Waals surface area contributed by atoms with Crippen LogP contribution in [0.4, 0.5) is 5.69 Å². The minimum atomic E-state index is -0.201. The van der Waals surface area contributed by atoms with Gasteiger partial charge in [0.05, 0.1) is 5.69 Å². The average Bonchev–Trinajstić information content (AvgIpc) is 2.03. The van der Waals surface area contributed by atoms with Crippen LogP contribution in [0.2, 0.25) is 0 Å². The summed E-state index contributed by atoms with van der Waals surface area (Å²) in [6.45, 7) is 0.0395. The van der Waals surface area contributed by atoms with Crippen molar-refractivity contribution >= 4 is 24.0 Å². The van der Waals surface area contributed by atoms with Crippen LogP contribution < -0.4 is 10.1 Å². The number of rotatable bonds is 0. The van der Waals surface area contributed by atoms with Gasteiger partial charge in [0.2, 0.25) is 0 Å². The maximum Gasteiger partial charge on any atom is 0.262 e. The number of carbonyl (C=O) groups is 1. The molecule has 2 N–H and O–H groups in total. The lowest BCUT2D eigenvalue weighted by atomic mass is 10.2. The number of ether oxygens (including phenoxy) is 1. The molecule has 0 atom stereocenters. The zero-order chi connectivity index (χ0) is 8.55. The molecule has 1 heterocycles. The Balaban J connectivity index is 0.000000845. The highest BCUT2D eigenvalue weighted by atomic mass is 35.5. The Hall–Kier alpha value is -1.42. The Morgan fingerprint density at radius 1 is 1.46 bits per heavy atom. The predicted molar refractivity (Wildman–Crippen MR) is 49.5 cm³/mol. The van der Waals surface area contributed by atoms with E-state index in [4.69, 9.17) is 9.84 Å². The third kappa shape index (κ3) is 1.84. The molecular weight excluding hydrogens is 194 g/mol. The van der Waals surface area contributed by atoms with Crippen LogP contribution in [-0.4, -0.2) is 17.6 Å². The van der Waals surface area contributed by atoms with Crippen LogP contribution in [0.3, 0.4) is 0 Å². The highest BCUT2D eigenvalue weighted by molar-refractivity contribution is 5.95. The number of halogens is 1. The van der Waals surface area contributed by atoms with Crippen LogP contribution in [0.1, 0.15) is 0 Å². The van der Waals surface area contributed by atoms with Gasteiger partial charge in [0.15, 0.2) is 6.61 Å². The van der Waals surface area contributed by atoms with E-state index in [0.29, 0.717) is 11.4 Å². The zero-order valence-electron chi connectivity index (χ0n) is 6.61. The molecule has 0 fully saturated rings. The van der Waals surface area contributed by atoms with Gasteiger partial charge in [-0.1, -0.05) is 0 Å². The van der Waals surface area contributed by atoms with Crippen LogP contribution in [0, 0.1) is 0 Å². The van der Waals surface area contributed by atoms with Crippen LogP contribution in [-0.2, 0) is 4.79 Å². The molecule has 13 heavy (non-hydrogen) atoms. The number of carbonyl (C=O) groups excluding carboxylic acids is 1. The number of anilines is 1. The van der Waals surface area contributed by atoms with Crippen molar-refractivity contribution in [2.24, 2.45) is 0 Å². The van der Waals surface area contributed by atoms with Crippen molar-refractivity contribution in [2.75, 3.05) is 11.9 Å². The SMILES string of the molecule is Cl.O=C1COc2ccc(O)cc2N1. The fourth-order valence-corrected chi connectivity index (χ4v) is 1.07. The predicted octanol–water partition coefficient (Wildman–Crippen LogP) is 1.14. The maximum atomic E-state index is 10.8. The van der Waals surface area contributed by atoms with Gasteiger partial charge in [-0.05, 0) is 12.1 Å². The van der Waals surface area contributed by atoms with Crippen molar-refractivity contribution in [2.45, 2.75) is 0 Å². The molecule has 4 nitrogen and oxygen atoms in total. The minimum absolute atomic E-state index is 0. The fraction of sp³-hybridized carbons (Fsp3) is 0.125. The van der Waals surface area contributed by atoms with E-state index in [1.807, 2.05) is 0 Å². The van der Waals surface area contributed by atoms with Gasteiger partial charge in [0, 0.05) is 6.07 Å². The van der Waals surface area contributed by atoms with Crippen molar-refractivity contribution in [3.63, 3.8) is 0 Å². The zero-order valence-corrected chi connectivity index (χ0v) is 7.43. The topological polar surface area (TPSA) is 58.6 Å². The third-order valence-electron chi connectivity index (χ3n) is 1.60. The number of phenols is 1. The standard InChI is InChI=1S/C8H7NO3.ClH/c10-5-1-2-7-6(3-5)9-8(11)4-12-7;/h1-3,10H,4H2,(H,9,11);1H. The molecule has 0 bridgehead atoms. The van der Waals surface area contributed by atoms with Crippen LogP contribution in [0.5, 0.6) is 11.5 Å². The van der Waals surface area contributed by atoms with E-state index in [9.17, 15) is 4.79 Å². The van der Waals surface area contributed by atoms with Crippen LogP contribution in [0.15, 0.2) is 18.2 Å². The first kappa shape index (κ1) is 9.67. The van der Waals surface area contributed by atoms with Gasteiger partial charge in [0.1, 0.15) is 11.5 Å². The molecule has 0 aliphatic carbocycles. The van der Waals surface area contributed by atoms with E-state index in [0.717, 1.165) is 0 Å². The van der Waals surface area contributed by atoms with Crippen molar-refractivity contribution < 1.29 is 14.6 Å². The molecule has 0 saturated carbocycles. The summed E-state index contributed by atoms with van der Waals surface area (Å²) in [5.41, 5.74) is 0.520. The molecule has 2 rings (SSSR count). The first-order valence-electron chi connectivity index (χ1n) is 3.51. The number of phenolic OH excluding ortho intramolecular Hbond substituents is 1. The van der Waals surface area contributed by atoms with E-state index in [1.165, 1.54) is 12.1 Å². The Kier molecular flexibility index (Phi) is 2.63. The van der Waals surface area contributed by atoms with Crippen molar-refractivity contribution in [1.29, 1.82) is 0 Å². The number of fused-ring (bicyclic) bond motifs is 1. The summed E-state index contributed by atoms with van der Waals surface area (Å²) in [5.74, 6) is 0.500. The van der Waals surface area contributed by atoms with E-state index < -0.39 is 0 Å². The van der Waals surface area contributed by atoms with E-state index in [1.54, 1.807) is 6.07 Å². The van der Waals surface area contributed by atoms with Crippen molar-refractivity contribution in [1.82, 2.24) is 0 Å². The summed E-state index contributed by atoms with van der Waals surface area (Å²) in [6, 6.07) is 4.58. The van der Waals surface area contributed by atoms with Crippen LogP contribution >= 0.6 is 12.4 Å². The molecule has 0 aromatic heterocycles. The molecule has 0 unspecified atom stereocenters. The summed E-state index contributed by atoms with van der Waals surface area (Å²) in [5, 5.41) is 11.6. The largest absolute Gasteiger partial charge is 0.508 e. The highest BCUT2D eigenvalue weighted by Gasteiger charge is 2.15.